The minimum absolute atomic E-state index is 0.250. The second-order valence-electron chi connectivity index (χ2n) is 10.1. The zero-order chi connectivity index (χ0) is 33.8. The van der Waals surface area contributed by atoms with E-state index in [-0.39, 0.29) is 20.4 Å². The summed E-state index contributed by atoms with van der Waals surface area (Å²) in [5.41, 5.74) is 0. The molecule has 0 bridgehead atoms. The molecular weight excluding hydrogens is 693 g/mol. The maximum absolute atomic E-state index is 8.36. The number of rotatable bonds is 12. The van der Waals surface area contributed by atoms with E-state index < -0.39 is 23.8 Å². The average molecular weight is 737 g/mol. The first-order chi connectivity index (χ1) is 23.8. The molecule has 0 fully saturated rings. The van der Waals surface area contributed by atoms with Gasteiger partial charge in [0.25, 0.3) is 6.47 Å². The van der Waals surface area contributed by atoms with Crippen LogP contribution in [0.2, 0.25) is 0 Å². The Morgan fingerprint density at radius 2 is 0.542 bits per heavy atom. The monoisotopic (exact) mass is 736 g/mol. The van der Waals surface area contributed by atoms with Gasteiger partial charge in [-0.2, -0.15) is 0 Å². The summed E-state index contributed by atoms with van der Waals surface area (Å²) in [6.45, 7) is 3.75. The molecule has 0 saturated carbocycles. The Morgan fingerprint density at radius 1 is 0.396 bits per heavy atom. The molecule has 0 unspecified atom stereocenters. The Balaban J connectivity index is 0.000000986. The van der Waals surface area contributed by atoms with E-state index in [0.717, 1.165) is 0 Å². The van der Waals surface area contributed by atoms with Crippen molar-refractivity contribution >= 4 is 62.1 Å². The van der Waals surface area contributed by atoms with Crippen LogP contribution in [0.5, 0.6) is 0 Å². The van der Waals surface area contributed by atoms with E-state index in [4.69, 9.17) is 9.90 Å². The molecule has 0 amide bonds. The summed E-state index contributed by atoms with van der Waals surface area (Å²) in [4.78, 5) is 8.36. The van der Waals surface area contributed by atoms with Crippen LogP contribution in [0, 0.1) is 0 Å². The van der Waals surface area contributed by atoms with Crippen molar-refractivity contribution in [3.63, 3.8) is 0 Å². The van der Waals surface area contributed by atoms with Crippen molar-refractivity contribution in [1.82, 2.24) is 0 Å². The van der Waals surface area contributed by atoms with Gasteiger partial charge in [-0.1, -0.05) is 13.8 Å². The Labute approximate surface area is 295 Å². The standard InChI is InChI=1S/3C13H12P.C2H6.CH2O2.Cu/c3*1-14(12-8-4-2-5-9-12)13-10-6-3-7-11-13;1-2;2-1-3;/h3*2-11H,1H2;1-2H3;1H,(H,2,3);. The summed E-state index contributed by atoms with van der Waals surface area (Å²) in [5.74, 6) is 0. The van der Waals surface area contributed by atoms with Crippen LogP contribution in [-0.2, 0) is 18.7 Å². The van der Waals surface area contributed by atoms with Crippen LogP contribution in [0.3, 0.4) is 0 Å². The van der Waals surface area contributed by atoms with Gasteiger partial charge in [-0.25, -0.2) is 0 Å². The Hall–Kier alpha value is -3.40. The molecule has 0 aliphatic rings. The predicted octanol–water partition coefficient (Wildman–Crippen LogP) is 8.60. The summed E-state index contributed by atoms with van der Waals surface area (Å²) in [6.07, 6.45) is 0. The van der Waals surface area contributed by atoms with Crippen LogP contribution in [0.25, 0.3) is 0 Å². The molecule has 48 heavy (non-hydrogen) atoms. The topological polar surface area (TPSA) is 37.3 Å². The molecule has 6 aromatic rings. The Morgan fingerprint density at radius 3 is 0.688 bits per heavy atom. The van der Waals surface area contributed by atoms with Gasteiger partial charge in [-0.05, 0) is 0 Å². The van der Waals surface area contributed by atoms with Crippen molar-refractivity contribution in [3.8, 4) is 0 Å². The quantitative estimate of drug-likeness (QED) is 0.0777. The van der Waals surface area contributed by atoms with Crippen molar-refractivity contribution in [2.24, 2.45) is 0 Å². The van der Waals surface area contributed by atoms with Gasteiger partial charge in [0.1, 0.15) is 0 Å². The van der Waals surface area contributed by atoms with E-state index in [9.17, 15) is 0 Å². The van der Waals surface area contributed by atoms with Crippen molar-refractivity contribution < 1.29 is 23.8 Å². The first-order valence-electron chi connectivity index (χ1n) is 15.9. The van der Waals surface area contributed by atoms with Gasteiger partial charge < -0.3 is 5.11 Å². The SMILES string of the molecule is CC.O=CO.c1ccc(P([CH2][Cu]([CH2]P(c2ccccc2)c2ccccc2)[CH2]P(c2ccccc2)c2ccccc2)c2ccccc2)cc1. The molecule has 6 aromatic carbocycles. The van der Waals surface area contributed by atoms with Gasteiger partial charge >= 0.3 is 267 Å². The Bertz CT molecular complexity index is 1370. The fourth-order valence-electron chi connectivity index (χ4n) is 4.92. The third-order valence-electron chi connectivity index (χ3n) is 7.10. The van der Waals surface area contributed by atoms with Crippen LogP contribution in [0.4, 0.5) is 0 Å². The van der Waals surface area contributed by atoms with Gasteiger partial charge in [0, 0.05) is 0 Å². The summed E-state index contributed by atoms with van der Waals surface area (Å²) in [5, 5.41) is 19.4. The van der Waals surface area contributed by atoms with E-state index >= 15 is 0 Å². The molecule has 250 valence electrons. The van der Waals surface area contributed by atoms with Gasteiger partial charge in [0.15, 0.2) is 0 Å². The number of hydrogen-bond donors (Lipinski definition) is 1. The molecule has 6 rings (SSSR count). The maximum atomic E-state index is 8.36. The number of carboxylic acid groups (broad SMARTS) is 1. The van der Waals surface area contributed by atoms with E-state index in [1.54, 1.807) is 0 Å². The first-order valence-corrected chi connectivity index (χ1v) is 22.5. The minimum atomic E-state index is -0.497. The van der Waals surface area contributed by atoms with Crippen molar-refractivity contribution in [2.45, 2.75) is 13.8 Å². The fourth-order valence-corrected chi connectivity index (χ4v) is 20.6. The molecule has 0 radical (unpaired) electrons. The van der Waals surface area contributed by atoms with Gasteiger partial charge in [0.05, 0.1) is 0 Å². The Kier molecular flexibility index (Phi) is 16.8. The van der Waals surface area contributed by atoms with Gasteiger partial charge in [-0.15, -0.1) is 0 Å². The molecule has 2 nitrogen and oxygen atoms in total. The van der Waals surface area contributed by atoms with E-state index in [2.05, 4.69) is 182 Å². The van der Waals surface area contributed by atoms with Gasteiger partial charge in [0.2, 0.25) is 0 Å². The third-order valence-corrected chi connectivity index (χ3v) is 20.5. The molecular formula is C42H44CuO2P3. The second-order valence-corrected chi connectivity index (χ2v) is 20.5. The second kappa shape index (κ2) is 21.5. The molecule has 0 saturated heterocycles. The molecule has 0 aromatic heterocycles. The van der Waals surface area contributed by atoms with Crippen molar-refractivity contribution in [3.05, 3.63) is 182 Å². The number of carbonyl (C=O) groups is 1. The van der Waals surface area contributed by atoms with Crippen molar-refractivity contribution in [2.75, 3.05) is 15.2 Å². The predicted molar refractivity (Wildman–Crippen MR) is 212 cm³/mol. The number of hydrogen-bond acceptors (Lipinski definition) is 1. The summed E-state index contributed by atoms with van der Waals surface area (Å²) >= 11 is 0.263. The zero-order valence-corrected chi connectivity index (χ0v) is 31.1. The average Bonchev–Trinajstić information content (AvgIpc) is 3.18. The molecule has 0 atom stereocenters. The third kappa shape index (κ3) is 11.3. The van der Waals surface area contributed by atoms with Crippen LogP contribution >= 0.6 is 23.8 Å². The summed E-state index contributed by atoms with van der Waals surface area (Å²) in [6, 6.07) is 67.7. The summed E-state index contributed by atoms with van der Waals surface area (Å²) < 4.78 is 0. The van der Waals surface area contributed by atoms with Gasteiger partial charge in [-0.3, -0.25) is 4.79 Å². The molecule has 0 heterocycles. The normalized spacial score (nSPS) is 10.8. The van der Waals surface area contributed by atoms with Crippen LogP contribution in [0.15, 0.2) is 182 Å². The van der Waals surface area contributed by atoms with E-state index in [1.807, 2.05) is 13.8 Å². The summed E-state index contributed by atoms with van der Waals surface area (Å²) in [7, 11) is -1.49. The van der Waals surface area contributed by atoms with E-state index in [0.29, 0.717) is 0 Å². The first kappa shape index (κ1) is 37.4. The molecule has 0 aliphatic heterocycles. The van der Waals surface area contributed by atoms with Crippen molar-refractivity contribution in [1.29, 1.82) is 0 Å². The van der Waals surface area contributed by atoms with E-state index in [1.165, 1.54) is 47.0 Å². The zero-order valence-electron chi connectivity index (χ0n) is 27.5. The molecule has 6 heteroatoms. The van der Waals surface area contributed by atoms with Crippen LogP contribution < -0.4 is 31.8 Å². The molecule has 0 aliphatic carbocycles. The molecule has 1 N–H and O–H groups in total. The number of benzene rings is 6. The fraction of sp³-hybridized carbons (Fsp3) is 0.119. The van der Waals surface area contributed by atoms with Crippen LogP contribution in [0.1, 0.15) is 13.8 Å². The van der Waals surface area contributed by atoms with Crippen LogP contribution in [-0.4, -0.2) is 26.8 Å². The molecule has 0 spiro atoms.